The lowest BCUT2D eigenvalue weighted by Gasteiger charge is -2.13. The van der Waals surface area contributed by atoms with Crippen molar-refractivity contribution in [3.05, 3.63) is 64.8 Å². The van der Waals surface area contributed by atoms with Gasteiger partial charge in [-0.2, -0.15) is 13.2 Å². The summed E-state index contributed by atoms with van der Waals surface area (Å²) in [7, 11) is 1.53. The van der Waals surface area contributed by atoms with Crippen LogP contribution in [0.1, 0.15) is 22.1 Å². The minimum atomic E-state index is -4.55. The van der Waals surface area contributed by atoms with Crippen LogP contribution in [0.3, 0.4) is 0 Å². The molecule has 2 aromatic carbocycles. The molecule has 2 heterocycles. The zero-order valence-electron chi connectivity index (χ0n) is 16.8. The Labute approximate surface area is 189 Å². The van der Waals surface area contributed by atoms with Crippen molar-refractivity contribution in [2.75, 3.05) is 0 Å². The van der Waals surface area contributed by atoms with Crippen molar-refractivity contribution in [1.82, 2.24) is 25.0 Å². The number of rotatable bonds is 6. The Bertz CT molecular complexity index is 1330. The molecule has 0 radical (unpaired) electrons. The molecule has 4 aromatic rings. The molecule has 4 rings (SSSR count). The Morgan fingerprint density at radius 2 is 1.88 bits per heavy atom. The standard InChI is InChI=1S/C20H14ClF3N6O3/c1-30-15(26-27-17(30)11-4-2-3-5-13(11)20(22,23)24)9-32-14-7-6-10(21)8-12(14)18-28-29-19(33-18)16(25)31/h2-8H,9H2,1H3,(H2,25,31). The topological polar surface area (TPSA) is 122 Å². The van der Waals surface area contributed by atoms with E-state index in [4.69, 9.17) is 26.5 Å². The van der Waals surface area contributed by atoms with E-state index >= 15 is 0 Å². The number of amides is 1. The van der Waals surface area contributed by atoms with Gasteiger partial charge in [-0.3, -0.25) is 4.79 Å². The van der Waals surface area contributed by atoms with Crippen LogP contribution < -0.4 is 10.5 Å². The van der Waals surface area contributed by atoms with Gasteiger partial charge in [0.1, 0.15) is 12.4 Å². The first-order valence-electron chi connectivity index (χ1n) is 9.26. The highest BCUT2D eigenvalue weighted by molar-refractivity contribution is 6.30. The fraction of sp³-hybridized carbons (Fsp3) is 0.150. The van der Waals surface area contributed by atoms with Gasteiger partial charge in [0.2, 0.25) is 0 Å². The van der Waals surface area contributed by atoms with Gasteiger partial charge in [0.15, 0.2) is 11.6 Å². The van der Waals surface area contributed by atoms with Crippen LogP contribution in [-0.4, -0.2) is 30.9 Å². The molecule has 0 aliphatic rings. The van der Waals surface area contributed by atoms with Crippen molar-refractivity contribution >= 4 is 17.5 Å². The van der Waals surface area contributed by atoms with Gasteiger partial charge in [0, 0.05) is 17.6 Å². The summed E-state index contributed by atoms with van der Waals surface area (Å²) in [6, 6.07) is 9.65. The first-order chi connectivity index (χ1) is 15.6. The average molecular weight is 479 g/mol. The number of primary amides is 1. The zero-order valence-corrected chi connectivity index (χ0v) is 17.6. The number of nitrogens with zero attached hydrogens (tertiary/aromatic N) is 5. The van der Waals surface area contributed by atoms with Crippen LogP contribution >= 0.6 is 11.6 Å². The van der Waals surface area contributed by atoms with Gasteiger partial charge in [-0.15, -0.1) is 20.4 Å². The highest BCUT2D eigenvalue weighted by Gasteiger charge is 2.34. The second-order valence-corrected chi connectivity index (χ2v) is 7.18. The largest absolute Gasteiger partial charge is 0.485 e. The maximum atomic E-state index is 13.4. The molecular formula is C20H14ClF3N6O3. The van der Waals surface area contributed by atoms with E-state index < -0.39 is 23.5 Å². The number of alkyl halides is 3. The molecule has 0 fully saturated rings. The SMILES string of the molecule is Cn1c(COc2ccc(Cl)cc2-c2nnc(C(N)=O)o2)nnc1-c1ccccc1C(F)(F)F. The molecule has 0 atom stereocenters. The molecule has 0 saturated heterocycles. The van der Waals surface area contributed by atoms with E-state index in [0.29, 0.717) is 5.02 Å². The summed E-state index contributed by atoms with van der Waals surface area (Å²) >= 11 is 6.05. The fourth-order valence-corrected chi connectivity index (χ4v) is 3.19. The maximum absolute atomic E-state index is 13.4. The van der Waals surface area contributed by atoms with Gasteiger partial charge in [0.05, 0.1) is 11.1 Å². The molecule has 1 amide bonds. The zero-order chi connectivity index (χ0) is 23.8. The van der Waals surface area contributed by atoms with E-state index in [1.165, 1.54) is 41.9 Å². The molecule has 0 aliphatic heterocycles. The van der Waals surface area contributed by atoms with Gasteiger partial charge >= 0.3 is 18.0 Å². The number of ether oxygens (including phenoxy) is 1. The third-order valence-electron chi connectivity index (χ3n) is 4.60. The number of benzene rings is 2. The van der Waals surface area contributed by atoms with Gasteiger partial charge in [-0.1, -0.05) is 29.8 Å². The molecule has 0 spiro atoms. The maximum Gasteiger partial charge on any atom is 0.417 e. The molecule has 13 heteroatoms. The van der Waals surface area contributed by atoms with E-state index in [9.17, 15) is 18.0 Å². The van der Waals surface area contributed by atoms with E-state index in [1.54, 1.807) is 6.07 Å². The lowest BCUT2D eigenvalue weighted by atomic mass is 10.1. The minimum absolute atomic E-state index is 0.0286. The highest BCUT2D eigenvalue weighted by Crippen LogP contribution is 2.36. The predicted octanol–water partition coefficient (Wildman–Crippen LogP) is 3.88. The van der Waals surface area contributed by atoms with Crippen molar-refractivity contribution in [3.63, 3.8) is 0 Å². The lowest BCUT2D eigenvalue weighted by molar-refractivity contribution is -0.137. The monoisotopic (exact) mass is 478 g/mol. The second kappa shape index (κ2) is 8.54. The third kappa shape index (κ3) is 4.51. The van der Waals surface area contributed by atoms with Crippen molar-refractivity contribution in [3.8, 4) is 28.6 Å². The van der Waals surface area contributed by atoms with Crippen LogP contribution in [0, 0.1) is 0 Å². The Kier molecular flexibility index (Phi) is 5.77. The van der Waals surface area contributed by atoms with Crippen LogP contribution in [-0.2, 0) is 19.8 Å². The molecule has 2 aromatic heterocycles. The number of nitrogens with two attached hydrogens (primary N) is 1. The molecule has 0 saturated carbocycles. The lowest BCUT2D eigenvalue weighted by Crippen LogP contribution is -2.10. The Balaban J connectivity index is 1.62. The molecular weight excluding hydrogens is 465 g/mol. The second-order valence-electron chi connectivity index (χ2n) is 6.75. The van der Waals surface area contributed by atoms with Crippen molar-refractivity contribution < 1.29 is 27.1 Å². The Morgan fingerprint density at radius 3 is 2.58 bits per heavy atom. The normalized spacial score (nSPS) is 11.5. The predicted molar refractivity (Wildman–Crippen MR) is 109 cm³/mol. The van der Waals surface area contributed by atoms with E-state index in [-0.39, 0.29) is 41.0 Å². The Hall–Kier alpha value is -3.93. The highest BCUT2D eigenvalue weighted by atomic mass is 35.5. The molecule has 9 nitrogen and oxygen atoms in total. The summed E-state index contributed by atoms with van der Waals surface area (Å²) in [5, 5.41) is 15.5. The molecule has 0 bridgehead atoms. The van der Waals surface area contributed by atoms with Crippen LogP contribution in [0.5, 0.6) is 5.75 Å². The summed E-state index contributed by atoms with van der Waals surface area (Å²) < 4.78 is 52.6. The van der Waals surface area contributed by atoms with E-state index in [1.807, 2.05) is 0 Å². The van der Waals surface area contributed by atoms with Crippen LogP contribution in [0.25, 0.3) is 22.8 Å². The Morgan fingerprint density at radius 1 is 1.12 bits per heavy atom. The average Bonchev–Trinajstić information content (AvgIpc) is 3.40. The first kappa shape index (κ1) is 22.3. The summed E-state index contributed by atoms with van der Waals surface area (Å²) in [5.41, 5.74) is 4.48. The van der Waals surface area contributed by atoms with Crippen molar-refractivity contribution in [1.29, 1.82) is 0 Å². The minimum Gasteiger partial charge on any atom is -0.485 e. The smallest absolute Gasteiger partial charge is 0.417 e. The fourth-order valence-electron chi connectivity index (χ4n) is 3.02. The van der Waals surface area contributed by atoms with Crippen LogP contribution in [0.2, 0.25) is 5.02 Å². The number of aromatic nitrogens is 5. The van der Waals surface area contributed by atoms with E-state index in [2.05, 4.69) is 20.4 Å². The van der Waals surface area contributed by atoms with Crippen LogP contribution in [0.4, 0.5) is 13.2 Å². The molecule has 0 unspecified atom stereocenters. The van der Waals surface area contributed by atoms with Gasteiger partial charge in [0.25, 0.3) is 5.89 Å². The van der Waals surface area contributed by atoms with Gasteiger partial charge < -0.3 is 19.5 Å². The molecule has 2 N–H and O–H groups in total. The van der Waals surface area contributed by atoms with E-state index in [0.717, 1.165) is 6.07 Å². The molecule has 0 aliphatic carbocycles. The summed E-state index contributed by atoms with van der Waals surface area (Å²) in [6.07, 6.45) is -4.55. The summed E-state index contributed by atoms with van der Waals surface area (Å²) in [4.78, 5) is 11.2. The number of carbonyl (C=O) groups is 1. The van der Waals surface area contributed by atoms with Gasteiger partial charge in [-0.05, 0) is 24.3 Å². The van der Waals surface area contributed by atoms with Crippen molar-refractivity contribution in [2.45, 2.75) is 12.8 Å². The van der Waals surface area contributed by atoms with Crippen molar-refractivity contribution in [2.24, 2.45) is 12.8 Å². The number of carbonyl (C=O) groups excluding carboxylic acids is 1. The summed E-state index contributed by atoms with van der Waals surface area (Å²) in [5.74, 6) is -0.813. The quantitative estimate of drug-likeness (QED) is 0.446. The number of halogens is 4. The molecule has 33 heavy (non-hydrogen) atoms. The van der Waals surface area contributed by atoms with Crippen LogP contribution in [0.15, 0.2) is 46.9 Å². The summed E-state index contributed by atoms with van der Waals surface area (Å²) in [6.45, 7) is -0.150. The first-order valence-corrected chi connectivity index (χ1v) is 9.64. The molecule has 170 valence electrons. The third-order valence-corrected chi connectivity index (χ3v) is 4.84. The number of hydrogen-bond donors (Lipinski definition) is 1. The van der Waals surface area contributed by atoms with Gasteiger partial charge in [-0.25, -0.2) is 0 Å². The number of hydrogen-bond acceptors (Lipinski definition) is 7.